The van der Waals surface area contributed by atoms with Crippen molar-refractivity contribution < 1.29 is 33.0 Å². The highest BCUT2D eigenvalue weighted by Gasteiger charge is 2.55. The Morgan fingerprint density at radius 3 is 2.84 bits per heavy atom. The minimum absolute atomic E-state index is 0.118. The van der Waals surface area contributed by atoms with Crippen LogP contribution >= 0.6 is 7.75 Å². The molecule has 4 N–H and O–H groups in total. The number of nitrogens with zero attached hydrogens (tertiary/aromatic N) is 6. The topological polar surface area (TPSA) is 208 Å². The molecule has 5 rings (SSSR count). The van der Waals surface area contributed by atoms with E-state index in [9.17, 15) is 20.0 Å². The average molecular weight is 611 g/mol. The van der Waals surface area contributed by atoms with Gasteiger partial charge >= 0.3 is 13.7 Å². The highest BCUT2D eigenvalue weighted by molar-refractivity contribution is 7.52. The zero-order valence-electron chi connectivity index (χ0n) is 23.6. The van der Waals surface area contributed by atoms with E-state index in [4.69, 9.17) is 24.3 Å². The van der Waals surface area contributed by atoms with E-state index < -0.39 is 50.2 Å². The van der Waals surface area contributed by atoms with Gasteiger partial charge in [-0.2, -0.15) is 10.2 Å². The van der Waals surface area contributed by atoms with Crippen LogP contribution < -0.4 is 15.3 Å². The van der Waals surface area contributed by atoms with Gasteiger partial charge in [0.15, 0.2) is 5.82 Å². The highest BCUT2D eigenvalue weighted by atomic mass is 31.2. The number of carbonyl (C=O) groups excluding carboxylic acids is 1. The van der Waals surface area contributed by atoms with Gasteiger partial charge in [-0.3, -0.25) is 9.32 Å². The second kappa shape index (κ2) is 12.2. The van der Waals surface area contributed by atoms with Crippen molar-refractivity contribution in [2.75, 3.05) is 18.9 Å². The number of aliphatic hydroxyl groups is 1. The number of fused-ring (bicyclic) bond motifs is 2. The maximum Gasteiger partial charge on any atom is 0.459 e. The average Bonchev–Trinajstić information content (AvgIpc) is 3.52. The van der Waals surface area contributed by atoms with Gasteiger partial charge in [0.1, 0.15) is 41.4 Å². The van der Waals surface area contributed by atoms with Crippen molar-refractivity contribution in [1.82, 2.24) is 19.7 Å². The summed E-state index contributed by atoms with van der Waals surface area (Å²) >= 11 is 0. The second-order valence-corrected chi connectivity index (χ2v) is 11.8. The third-order valence-corrected chi connectivity index (χ3v) is 8.83. The molecule has 0 bridgehead atoms. The second-order valence-electron chi connectivity index (χ2n) is 10.1. The normalized spacial score (nSPS) is 23.9. The monoisotopic (exact) mass is 610 g/mol. The molecule has 2 aromatic heterocycles. The number of aromatic nitrogens is 3. The van der Waals surface area contributed by atoms with Crippen LogP contribution in [0.1, 0.15) is 32.6 Å². The Balaban J connectivity index is 1.45. The fourth-order valence-corrected chi connectivity index (χ4v) is 6.54. The number of hydrogen-bond acceptors (Lipinski definition) is 11. The highest BCUT2D eigenvalue weighted by Crippen LogP contribution is 2.50. The molecule has 1 unspecified atom stereocenters. The van der Waals surface area contributed by atoms with Gasteiger partial charge in [-0.05, 0) is 49.9 Å². The van der Waals surface area contributed by atoms with Crippen molar-refractivity contribution in [2.24, 2.45) is 5.11 Å². The number of nitrogens with one attached hydrogen (secondary N) is 1. The van der Waals surface area contributed by atoms with Gasteiger partial charge in [0, 0.05) is 10.3 Å². The fraction of sp³-hybridized carbons (Fsp3) is 0.370. The molecule has 0 saturated carbocycles. The van der Waals surface area contributed by atoms with Crippen LogP contribution in [0.15, 0.2) is 66.0 Å². The Labute approximate surface area is 246 Å². The molecule has 1 aliphatic heterocycles. The molecule has 4 aromatic rings. The number of esters is 1. The molecule has 0 amide bonds. The number of anilines is 1. The molecular weight excluding hydrogens is 579 g/mol. The number of hydrogen-bond donors (Lipinski definition) is 3. The van der Waals surface area contributed by atoms with E-state index >= 15 is 0 Å². The molecule has 226 valence electrons. The third kappa shape index (κ3) is 5.87. The molecule has 43 heavy (non-hydrogen) atoms. The van der Waals surface area contributed by atoms with Crippen molar-refractivity contribution in [2.45, 2.75) is 50.7 Å². The first kappa shape index (κ1) is 30.2. The number of ether oxygens (including phenoxy) is 2. The molecular formula is C27H31N8O7P. The summed E-state index contributed by atoms with van der Waals surface area (Å²) < 4.78 is 38.7. The summed E-state index contributed by atoms with van der Waals surface area (Å²) in [6.45, 7) is 4.28. The van der Waals surface area contributed by atoms with E-state index in [-0.39, 0.29) is 18.2 Å². The van der Waals surface area contributed by atoms with Crippen LogP contribution in [0.5, 0.6) is 5.75 Å². The number of benzene rings is 2. The summed E-state index contributed by atoms with van der Waals surface area (Å²) in [5, 5.41) is 23.6. The van der Waals surface area contributed by atoms with E-state index in [2.05, 4.69) is 25.2 Å². The van der Waals surface area contributed by atoms with Gasteiger partial charge in [0.05, 0.1) is 25.0 Å². The van der Waals surface area contributed by atoms with Gasteiger partial charge in [0.2, 0.25) is 0 Å². The number of nitrogens with two attached hydrogens (primary N) is 1. The lowest BCUT2D eigenvalue weighted by Crippen LogP contribution is -2.42. The summed E-state index contributed by atoms with van der Waals surface area (Å²) in [5.41, 5.74) is 14.7. The van der Waals surface area contributed by atoms with Crippen molar-refractivity contribution in [3.63, 3.8) is 0 Å². The Hall–Kier alpha value is -4.23. The van der Waals surface area contributed by atoms with Crippen molar-refractivity contribution in [3.05, 3.63) is 77.1 Å². The van der Waals surface area contributed by atoms with Gasteiger partial charge < -0.3 is 24.8 Å². The quantitative estimate of drug-likeness (QED) is 0.0724. The minimum Gasteiger partial charge on any atom is -0.465 e. The lowest BCUT2D eigenvalue weighted by atomic mass is 9.88. The zero-order valence-corrected chi connectivity index (χ0v) is 24.5. The lowest BCUT2D eigenvalue weighted by Gasteiger charge is -2.27. The van der Waals surface area contributed by atoms with Crippen molar-refractivity contribution in [3.8, 4) is 5.75 Å². The Kier molecular flexibility index (Phi) is 8.56. The van der Waals surface area contributed by atoms with Crippen molar-refractivity contribution >= 4 is 35.8 Å². The molecule has 6 atom stereocenters. The molecule has 1 fully saturated rings. The van der Waals surface area contributed by atoms with E-state index in [1.807, 2.05) is 18.2 Å². The van der Waals surface area contributed by atoms with Gasteiger partial charge in [-0.1, -0.05) is 41.5 Å². The van der Waals surface area contributed by atoms with Crippen LogP contribution in [0.4, 0.5) is 5.82 Å². The van der Waals surface area contributed by atoms with E-state index in [1.165, 1.54) is 24.7 Å². The maximum absolute atomic E-state index is 14.2. The Morgan fingerprint density at radius 1 is 1.30 bits per heavy atom. The predicted molar refractivity (Wildman–Crippen MR) is 156 cm³/mol. The molecule has 16 heteroatoms. The van der Waals surface area contributed by atoms with Gasteiger partial charge in [-0.25, -0.2) is 14.1 Å². The van der Waals surface area contributed by atoms with Crippen LogP contribution in [-0.4, -0.2) is 62.7 Å². The first-order chi connectivity index (χ1) is 20.6. The molecule has 3 heterocycles. The number of rotatable bonds is 11. The fourth-order valence-electron chi connectivity index (χ4n) is 5.02. The summed E-state index contributed by atoms with van der Waals surface area (Å²) in [6, 6.07) is 14.8. The number of nitrogen functional groups attached to an aromatic ring is 1. The summed E-state index contributed by atoms with van der Waals surface area (Å²) in [6.07, 6.45) is -2.30. The van der Waals surface area contributed by atoms with E-state index in [0.29, 0.717) is 16.6 Å². The predicted octanol–water partition coefficient (Wildman–Crippen LogP) is 4.08. The van der Waals surface area contributed by atoms with Gasteiger partial charge in [0.25, 0.3) is 0 Å². The maximum atomic E-state index is 14.2. The van der Waals surface area contributed by atoms with Crippen molar-refractivity contribution in [1.29, 1.82) is 0 Å². The van der Waals surface area contributed by atoms with E-state index in [0.717, 1.165) is 5.39 Å². The van der Waals surface area contributed by atoms with Crippen LogP contribution in [0, 0.1) is 0 Å². The molecule has 0 aliphatic carbocycles. The zero-order chi connectivity index (χ0) is 30.8. The Bertz CT molecular complexity index is 1740. The van der Waals surface area contributed by atoms with E-state index in [1.54, 1.807) is 43.3 Å². The molecule has 1 aliphatic rings. The molecule has 0 radical (unpaired) electrons. The lowest BCUT2D eigenvalue weighted by molar-refractivity contribution is -0.144. The van der Waals surface area contributed by atoms with Crippen LogP contribution in [-0.2, 0) is 23.4 Å². The van der Waals surface area contributed by atoms with Crippen LogP contribution in [0.2, 0.25) is 0 Å². The first-order valence-electron chi connectivity index (χ1n) is 13.4. The third-order valence-electron chi connectivity index (χ3n) is 7.20. The number of carbonyl (C=O) groups is 1. The number of aliphatic hydroxyl groups excluding tert-OH is 1. The Morgan fingerprint density at radius 2 is 2.07 bits per heavy atom. The molecule has 2 aromatic carbocycles. The molecule has 0 spiro atoms. The summed E-state index contributed by atoms with van der Waals surface area (Å²) in [4.78, 5) is 19.3. The summed E-state index contributed by atoms with van der Waals surface area (Å²) in [7, 11) is -4.33. The first-order valence-corrected chi connectivity index (χ1v) is 15.0. The van der Waals surface area contributed by atoms with Crippen LogP contribution in [0.25, 0.3) is 26.7 Å². The largest absolute Gasteiger partial charge is 0.465 e. The SMILES string of the molecule is CCOC(=O)[C@H](C)NP(=O)(OC[C@H]1O[C@@H](c2ccc3c(N)ncnn23)[C@](C)(N=[N+]=[N-])[C@@H]1O)Oc1cccc2ccccc12. The number of azide groups is 1. The van der Waals surface area contributed by atoms with Crippen LogP contribution in [0.3, 0.4) is 0 Å². The molecule has 1 saturated heterocycles. The minimum atomic E-state index is -4.33. The van der Waals surface area contributed by atoms with Gasteiger partial charge in [-0.15, -0.1) is 0 Å². The standard InChI is InChI=1S/C27H31N8O7P/c1-4-39-26(37)16(2)32-43(38,42-21-11-7-9-17-8-5-6-10-18(17)21)40-14-22-23(36)27(3,33-34-29)24(41-22)19-12-13-20-25(28)30-15-31-35(19)20/h5-13,15-16,22-24,36H,4,14H2,1-3H3,(H,32,38)(H2,28,30,31)/t16-,22+,23+,24-,27+,43?/m0/s1. The summed E-state index contributed by atoms with van der Waals surface area (Å²) in [5.74, 6) is -0.201. The molecule has 15 nitrogen and oxygen atoms in total. The smallest absolute Gasteiger partial charge is 0.459 e.